The van der Waals surface area contributed by atoms with Gasteiger partial charge in [0.25, 0.3) is 0 Å². The predicted molar refractivity (Wildman–Crippen MR) is 52.1 cm³/mol. The van der Waals surface area contributed by atoms with E-state index in [-0.39, 0.29) is 9.77 Å². The quantitative estimate of drug-likeness (QED) is 0.620. The maximum absolute atomic E-state index is 10.7. The first-order chi connectivity index (χ1) is 6.06. The highest BCUT2D eigenvalue weighted by Gasteiger charge is 2.18. The summed E-state index contributed by atoms with van der Waals surface area (Å²) < 4.78 is 20.2. The highest BCUT2D eigenvalue weighted by Crippen LogP contribution is 2.30. The van der Waals surface area contributed by atoms with Crippen LogP contribution in [0.3, 0.4) is 0 Å². The van der Waals surface area contributed by atoms with Crippen LogP contribution in [0.1, 0.15) is 9.67 Å². The van der Waals surface area contributed by atoms with Crippen molar-refractivity contribution in [3.05, 3.63) is 10.9 Å². The number of carbonyl (C=O) groups is 1. The van der Waals surface area contributed by atoms with Gasteiger partial charge in [-0.3, -0.25) is 0 Å². The van der Waals surface area contributed by atoms with Gasteiger partial charge in [0.15, 0.2) is 11.1 Å². The van der Waals surface area contributed by atoms with Crippen molar-refractivity contribution in [3.63, 3.8) is 0 Å². The summed E-state index contributed by atoms with van der Waals surface area (Å²) in [4.78, 5) is 10.5. The number of thiophene rings is 1. The molecule has 0 bridgehead atoms. The second-order valence-electron chi connectivity index (χ2n) is 2.02. The molecular weight excluding hydrogens is 232 g/mol. The van der Waals surface area contributed by atoms with Gasteiger partial charge in [-0.2, -0.15) is 0 Å². The molecule has 13 heavy (non-hydrogen) atoms. The summed E-state index contributed by atoms with van der Waals surface area (Å²) in [6, 6.07) is 1.43. The van der Waals surface area contributed by atoms with Gasteiger partial charge in [0, 0.05) is 0 Å². The highest BCUT2D eigenvalue weighted by atomic mass is 32.2. The molecule has 1 aromatic rings. The average molecular weight is 238 g/mol. The van der Waals surface area contributed by atoms with E-state index < -0.39 is 17.0 Å². The van der Waals surface area contributed by atoms with Crippen LogP contribution in [-0.4, -0.2) is 26.1 Å². The summed E-state index contributed by atoms with van der Waals surface area (Å²) in [5, 5.41) is 8.68. The Bertz CT molecular complexity index is 325. The monoisotopic (exact) mass is 238 g/mol. The molecule has 0 saturated carbocycles. The molecular formula is C6H6O4S3. The Kier molecular flexibility index (Phi) is 3.48. The van der Waals surface area contributed by atoms with Crippen LogP contribution in [0.5, 0.6) is 0 Å². The lowest BCUT2D eigenvalue weighted by Crippen LogP contribution is -1.98. The fraction of sp³-hybridized carbons (Fsp3) is 0.167. The van der Waals surface area contributed by atoms with Gasteiger partial charge in [0.1, 0.15) is 4.88 Å². The SMILES string of the molecule is CSc1cc(S(=O)O)c(C(=O)O)s1. The Morgan fingerprint density at radius 2 is 2.31 bits per heavy atom. The van der Waals surface area contributed by atoms with Crippen molar-refractivity contribution in [2.24, 2.45) is 0 Å². The second kappa shape index (κ2) is 4.23. The molecule has 4 nitrogen and oxygen atoms in total. The third-order valence-electron chi connectivity index (χ3n) is 1.26. The normalized spacial score (nSPS) is 12.8. The molecule has 0 aromatic carbocycles. The smallest absolute Gasteiger partial charge is 0.347 e. The zero-order chi connectivity index (χ0) is 10.0. The van der Waals surface area contributed by atoms with Crippen molar-refractivity contribution in [1.82, 2.24) is 0 Å². The Hall–Kier alpha value is -0.370. The molecule has 1 heterocycles. The first kappa shape index (κ1) is 10.7. The molecule has 0 saturated heterocycles. The summed E-state index contributed by atoms with van der Waals surface area (Å²) in [7, 11) is 0. The number of carboxylic acids is 1. The molecule has 2 N–H and O–H groups in total. The number of hydrogen-bond acceptors (Lipinski definition) is 4. The zero-order valence-electron chi connectivity index (χ0n) is 6.51. The number of rotatable bonds is 3. The average Bonchev–Trinajstić information content (AvgIpc) is 2.47. The van der Waals surface area contributed by atoms with E-state index in [4.69, 9.17) is 9.66 Å². The molecule has 1 aromatic heterocycles. The largest absolute Gasteiger partial charge is 0.477 e. The summed E-state index contributed by atoms with van der Waals surface area (Å²) in [5.74, 6) is -1.16. The summed E-state index contributed by atoms with van der Waals surface area (Å²) in [6.07, 6.45) is 1.78. The van der Waals surface area contributed by atoms with Crippen molar-refractivity contribution in [2.75, 3.05) is 6.26 Å². The van der Waals surface area contributed by atoms with Crippen LogP contribution in [0, 0.1) is 0 Å². The van der Waals surface area contributed by atoms with E-state index in [2.05, 4.69) is 0 Å². The van der Waals surface area contributed by atoms with Crippen LogP contribution < -0.4 is 0 Å². The van der Waals surface area contributed by atoms with Crippen molar-refractivity contribution < 1.29 is 18.7 Å². The molecule has 0 aliphatic heterocycles. The van der Waals surface area contributed by atoms with E-state index in [0.717, 1.165) is 15.5 Å². The summed E-state index contributed by atoms with van der Waals surface area (Å²) >= 11 is 0.129. The third-order valence-corrected chi connectivity index (χ3v) is 4.27. The van der Waals surface area contributed by atoms with Crippen LogP contribution in [-0.2, 0) is 11.1 Å². The molecule has 1 atom stereocenters. The van der Waals surface area contributed by atoms with Gasteiger partial charge in [0.2, 0.25) is 0 Å². The van der Waals surface area contributed by atoms with Crippen LogP contribution in [0.15, 0.2) is 15.2 Å². The number of aromatic carboxylic acids is 1. The van der Waals surface area contributed by atoms with Crippen LogP contribution in [0.2, 0.25) is 0 Å². The molecule has 1 rings (SSSR count). The molecule has 0 radical (unpaired) electrons. The summed E-state index contributed by atoms with van der Waals surface area (Å²) in [6.45, 7) is 0. The van der Waals surface area contributed by atoms with E-state index in [1.54, 1.807) is 6.26 Å². The predicted octanol–water partition coefficient (Wildman–Crippen LogP) is 1.75. The molecule has 72 valence electrons. The molecule has 0 aliphatic carbocycles. The van der Waals surface area contributed by atoms with Gasteiger partial charge in [-0.05, 0) is 12.3 Å². The van der Waals surface area contributed by atoms with E-state index in [1.165, 1.54) is 17.8 Å². The zero-order valence-corrected chi connectivity index (χ0v) is 8.96. The van der Waals surface area contributed by atoms with E-state index in [1.807, 2.05) is 0 Å². The molecule has 0 fully saturated rings. The lowest BCUT2D eigenvalue weighted by atomic mass is 10.5. The number of carboxylic acid groups (broad SMARTS) is 1. The molecule has 1 unspecified atom stereocenters. The van der Waals surface area contributed by atoms with Gasteiger partial charge in [-0.25, -0.2) is 9.00 Å². The minimum Gasteiger partial charge on any atom is -0.477 e. The maximum Gasteiger partial charge on any atom is 0.347 e. The van der Waals surface area contributed by atoms with Crippen molar-refractivity contribution in [3.8, 4) is 0 Å². The first-order valence-electron chi connectivity index (χ1n) is 3.08. The Morgan fingerprint density at radius 1 is 1.69 bits per heavy atom. The van der Waals surface area contributed by atoms with E-state index in [0.29, 0.717) is 0 Å². The van der Waals surface area contributed by atoms with Crippen molar-refractivity contribution in [2.45, 2.75) is 9.10 Å². The van der Waals surface area contributed by atoms with E-state index in [9.17, 15) is 9.00 Å². The fourth-order valence-corrected chi connectivity index (χ4v) is 3.13. The Morgan fingerprint density at radius 3 is 2.62 bits per heavy atom. The lowest BCUT2D eigenvalue weighted by Gasteiger charge is -1.90. The van der Waals surface area contributed by atoms with Gasteiger partial charge < -0.3 is 9.66 Å². The van der Waals surface area contributed by atoms with Crippen molar-refractivity contribution in [1.29, 1.82) is 0 Å². The maximum atomic E-state index is 10.7. The molecule has 0 aliphatic rings. The first-order valence-corrected chi connectivity index (χ1v) is 6.23. The minimum absolute atomic E-state index is 0.0261. The Labute approximate surface area is 85.3 Å². The third kappa shape index (κ3) is 2.31. The summed E-state index contributed by atoms with van der Waals surface area (Å²) in [5.41, 5.74) is 0. The standard InChI is InChI=1S/C6H6O4S3/c1-11-4-2-3(13(9)10)5(12-4)6(7)8/h2H,1H3,(H,7,8)(H,9,10). The van der Waals surface area contributed by atoms with Gasteiger partial charge in [-0.1, -0.05) is 0 Å². The second-order valence-corrected chi connectivity index (χ2v) is 5.11. The van der Waals surface area contributed by atoms with Gasteiger partial charge in [0.05, 0.1) is 9.10 Å². The molecule has 7 heteroatoms. The fourth-order valence-electron chi connectivity index (χ4n) is 0.732. The molecule has 0 amide bonds. The van der Waals surface area contributed by atoms with E-state index >= 15 is 0 Å². The minimum atomic E-state index is -2.23. The number of hydrogen-bond donors (Lipinski definition) is 2. The number of thioether (sulfide) groups is 1. The van der Waals surface area contributed by atoms with Crippen LogP contribution in [0.4, 0.5) is 0 Å². The van der Waals surface area contributed by atoms with Crippen LogP contribution in [0.25, 0.3) is 0 Å². The molecule has 0 spiro atoms. The highest BCUT2D eigenvalue weighted by molar-refractivity contribution is 8.00. The van der Waals surface area contributed by atoms with Crippen molar-refractivity contribution >= 4 is 40.1 Å². The Balaban J connectivity index is 3.23. The lowest BCUT2D eigenvalue weighted by molar-refractivity contribution is 0.0698. The van der Waals surface area contributed by atoms with Crippen LogP contribution >= 0.6 is 23.1 Å². The van der Waals surface area contributed by atoms with Gasteiger partial charge in [-0.15, -0.1) is 23.1 Å². The van der Waals surface area contributed by atoms with Gasteiger partial charge >= 0.3 is 5.97 Å². The topological polar surface area (TPSA) is 74.6 Å².